The lowest BCUT2D eigenvalue weighted by atomic mass is 10.1. The van der Waals surface area contributed by atoms with Crippen molar-refractivity contribution in [1.29, 1.82) is 0 Å². The Balaban J connectivity index is 1.45. The molecule has 4 aromatic rings. The molecule has 164 valence electrons. The van der Waals surface area contributed by atoms with E-state index in [1.807, 2.05) is 31.2 Å². The molecule has 0 radical (unpaired) electrons. The van der Waals surface area contributed by atoms with Gasteiger partial charge in [0.2, 0.25) is 0 Å². The first-order valence-electron chi connectivity index (χ1n) is 10.3. The Kier molecular flexibility index (Phi) is 6.21. The Bertz CT molecular complexity index is 1270. The Morgan fingerprint density at radius 2 is 1.75 bits per heavy atom. The van der Waals surface area contributed by atoms with E-state index in [4.69, 9.17) is 9.47 Å². The molecule has 1 N–H and O–H groups in total. The van der Waals surface area contributed by atoms with Crippen molar-refractivity contribution in [2.24, 2.45) is 0 Å². The highest BCUT2D eigenvalue weighted by Crippen LogP contribution is 2.21. The number of nitrogens with one attached hydrogen (secondary N) is 1. The van der Waals surface area contributed by atoms with Crippen LogP contribution >= 0.6 is 0 Å². The number of carbonyl (C=O) groups is 1. The summed E-state index contributed by atoms with van der Waals surface area (Å²) in [7, 11) is 1.57. The topological polar surface area (TPSA) is 86.9 Å². The van der Waals surface area contributed by atoms with Crippen LogP contribution < -0.4 is 20.3 Å². The van der Waals surface area contributed by atoms with Crippen LogP contribution in [0, 0.1) is 0 Å². The number of carbonyl (C=O) groups excluding carboxylic acids is 1. The summed E-state index contributed by atoms with van der Waals surface area (Å²) < 4.78 is 13.7. The van der Waals surface area contributed by atoms with Gasteiger partial charge in [-0.05, 0) is 61.5 Å². The molecule has 0 aliphatic heterocycles. The van der Waals surface area contributed by atoms with Gasteiger partial charge in [-0.15, -0.1) is 0 Å². The molecule has 2 heterocycles. The molecule has 0 atom stereocenters. The second kappa shape index (κ2) is 9.38. The molecule has 4 rings (SSSR count). The van der Waals surface area contributed by atoms with Crippen LogP contribution in [0.5, 0.6) is 11.5 Å². The van der Waals surface area contributed by atoms with E-state index in [1.54, 1.807) is 58.9 Å². The summed E-state index contributed by atoms with van der Waals surface area (Å²) >= 11 is 0. The third kappa shape index (κ3) is 4.49. The third-order valence-electron chi connectivity index (χ3n) is 5.06. The number of fused-ring (bicyclic) bond motifs is 1. The fourth-order valence-corrected chi connectivity index (χ4v) is 3.37. The van der Waals surface area contributed by atoms with Crippen LogP contribution in [-0.4, -0.2) is 40.3 Å². The first kappa shape index (κ1) is 21.2. The number of aromatic nitrogens is 3. The highest BCUT2D eigenvalue weighted by atomic mass is 16.5. The number of ether oxygens (including phenoxy) is 2. The molecule has 0 aliphatic carbocycles. The lowest BCUT2D eigenvalue weighted by molar-refractivity contribution is 0.0952. The van der Waals surface area contributed by atoms with Crippen molar-refractivity contribution in [2.45, 2.75) is 13.5 Å². The van der Waals surface area contributed by atoms with Crippen molar-refractivity contribution in [2.75, 3.05) is 20.3 Å². The van der Waals surface area contributed by atoms with Gasteiger partial charge in [0.15, 0.2) is 0 Å². The molecule has 32 heavy (non-hydrogen) atoms. The van der Waals surface area contributed by atoms with Gasteiger partial charge in [0, 0.05) is 36.6 Å². The summed E-state index contributed by atoms with van der Waals surface area (Å²) in [5.41, 5.74) is 2.43. The molecule has 0 spiro atoms. The first-order chi connectivity index (χ1) is 15.6. The predicted octanol–water partition coefficient (Wildman–Crippen LogP) is 3.00. The molecule has 8 heteroatoms. The number of nitrogens with zero attached hydrogens (tertiary/aromatic N) is 3. The average Bonchev–Trinajstić information content (AvgIpc) is 3.26. The monoisotopic (exact) mass is 432 g/mol. The highest BCUT2D eigenvalue weighted by Gasteiger charge is 2.10. The number of methoxy groups -OCH3 is 1. The summed E-state index contributed by atoms with van der Waals surface area (Å²) in [4.78, 5) is 25.2. The standard InChI is InChI=1S/C24H24N4O4/c1-3-32-20-10-4-17(5-11-20)21-16-22-24(30)27(14-15-28(22)26-21)13-12-25-23(29)18-6-8-19(31-2)9-7-18/h4-11,14-16H,3,12-13H2,1-2H3,(H,25,29). The van der Waals surface area contributed by atoms with E-state index in [1.165, 1.54) is 0 Å². The maximum Gasteiger partial charge on any atom is 0.276 e. The van der Waals surface area contributed by atoms with Crippen LogP contribution in [0.4, 0.5) is 0 Å². The average molecular weight is 432 g/mol. The quantitative estimate of drug-likeness (QED) is 0.463. The number of amides is 1. The van der Waals surface area contributed by atoms with Crippen LogP contribution in [0.25, 0.3) is 16.8 Å². The zero-order valence-corrected chi connectivity index (χ0v) is 17.9. The second-order valence-electron chi connectivity index (χ2n) is 7.10. The van der Waals surface area contributed by atoms with Crippen molar-refractivity contribution in [3.05, 3.63) is 82.9 Å². The van der Waals surface area contributed by atoms with E-state index in [0.717, 1.165) is 11.3 Å². The van der Waals surface area contributed by atoms with Crippen molar-refractivity contribution < 1.29 is 14.3 Å². The van der Waals surface area contributed by atoms with E-state index >= 15 is 0 Å². The minimum absolute atomic E-state index is 0.170. The molecule has 0 saturated heterocycles. The summed E-state index contributed by atoms with van der Waals surface area (Å²) in [5.74, 6) is 1.27. The Hall–Kier alpha value is -4.07. The van der Waals surface area contributed by atoms with E-state index in [0.29, 0.717) is 42.2 Å². The Morgan fingerprint density at radius 1 is 1.03 bits per heavy atom. The third-order valence-corrected chi connectivity index (χ3v) is 5.06. The summed E-state index contributed by atoms with van der Waals surface area (Å²) in [6, 6.07) is 16.2. The van der Waals surface area contributed by atoms with Crippen molar-refractivity contribution in [3.63, 3.8) is 0 Å². The van der Waals surface area contributed by atoms with Crippen molar-refractivity contribution in [1.82, 2.24) is 19.5 Å². The number of hydrogen-bond donors (Lipinski definition) is 1. The van der Waals surface area contributed by atoms with Gasteiger partial charge in [-0.3, -0.25) is 9.59 Å². The molecule has 1 amide bonds. The first-order valence-corrected chi connectivity index (χ1v) is 10.3. The van der Waals surface area contributed by atoms with Crippen molar-refractivity contribution >= 4 is 11.4 Å². The van der Waals surface area contributed by atoms with Gasteiger partial charge >= 0.3 is 0 Å². The second-order valence-corrected chi connectivity index (χ2v) is 7.10. The van der Waals surface area contributed by atoms with Crippen LogP contribution in [0.2, 0.25) is 0 Å². The van der Waals surface area contributed by atoms with Crippen LogP contribution in [0.1, 0.15) is 17.3 Å². The largest absolute Gasteiger partial charge is 0.497 e. The zero-order valence-electron chi connectivity index (χ0n) is 17.9. The Morgan fingerprint density at radius 3 is 2.44 bits per heavy atom. The SMILES string of the molecule is CCOc1ccc(-c2cc3c(=O)n(CCNC(=O)c4ccc(OC)cc4)ccn3n2)cc1. The molecule has 0 saturated carbocycles. The van der Waals surface area contributed by atoms with E-state index < -0.39 is 0 Å². The number of hydrogen-bond acceptors (Lipinski definition) is 5. The molecule has 0 aliphatic rings. The summed E-state index contributed by atoms with van der Waals surface area (Å²) in [5, 5.41) is 7.34. The van der Waals surface area contributed by atoms with Gasteiger partial charge in [0.05, 0.1) is 19.4 Å². The minimum atomic E-state index is -0.205. The van der Waals surface area contributed by atoms with Crippen LogP contribution in [0.3, 0.4) is 0 Å². The maximum atomic E-state index is 12.9. The lowest BCUT2D eigenvalue weighted by Gasteiger charge is -2.08. The minimum Gasteiger partial charge on any atom is -0.497 e. The number of rotatable bonds is 8. The van der Waals surface area contributed by atoms with Crippen molar-refractivity contribution in [3.8, 4) is 22.8 Å². The van der Waals surface area contributed by atoms with E-state index in [-0.39, 0.29) is 11.5 Å². The zero-order chi connectivity index (χ0) is 22.5. The molecular weight excluding hydrogens is 408 g/mol. The number of benzene rings is 2. The molecule has 2 aromatic heterocycles. The van der Waals surface area contributed by atoms with Gasteiger partial charge in [-0.1, -0.05) is 0 Å². The van der Waals surface area contributed by atoms with Gasteiger partial charge < -0.3 is 19.4 Å². The molecule has 0 unspecified atom stereocenters. The molecule has 8 nitrogen and oxygen atoms in total. The Labute approximate surface area is 185 Å². The fourth-order valence-electron chi connectivity index (χ4n) is 3.37. The predicted molar refractivity (Wildman–Crippen MR) is 121 cm³/mol. The summed E-state index contributed by atoms with van der Waals surface area (Å²) in [6.45, 7) is 3.21. The normalized spacial score (nSPS) is 10.8. The fraction of sp³-hybridized carbons (Fsp3) is 0.208. The molecule has 2 aromatic carbocycles. The van der Waals surface area contributed by atoms with Gasteiger partial charge in [0.25, 0.3) is 11.5 Å². The van der Waals surface area contributed by atoms with Gasteiger partial charge in [-0.25, -0.2) is 4.52 Å². The van der Waals surface area contributed by atoms with Crippen LogP contribution in [-0.2, 0) is 6.54 Å². The summed E-state index contributed by atoms with van der Waals surface area (Å²) in [6.07, 6.45) is 3.41. The maximum absolute atomic E-state index is 12.9. The lowest BCUT2D eigenvalue weighted by Crippen LogP contribution is -2.31. The molecule has 0 fully saturated rings. The van der Waals surface area contributed by atoms with E-state index in [2.05, 4.69) is 10.4 Å². The van der Waals surface area contributed by atoms with Crippen LogP contribution in [0.15, 0.2) is 71.8 Å². The van der Waals surface area contributed by atoms with E-state index in [9.17, 15) is 9.59 Å². The van der Waals surface area contributed by atoms with Gasteiger partial charge in [0.1, 0.15) is 17.0 Å². The van der Waals surface area contributed by atoms with Gasteiger partial charge in [-0.2, -0.15) is 5.10 Å². The molecular formula is C24H24N4O4. The smallest absolute Gasteiger partial charge is 0.276 e. The highest BCUT2D eigenvalue weighted by molar-refractivity contribution is 5.94. The molecule has 0 bridgehead atoms.